The molecule has 0 aliphatic rings. The summed E-state index contributed by atoms with van der Waals surface area (Å²) >= 11 is 0. The zero-order valence-electron chi connectivity index (χ0n) is 11.5. The van der Waals surface area contributed by atoms with E-state index in [1.54, 1.807) is 6.08 Å². The molecule has 0 aliphatic heterocycles. The highest BCUT2D eigenvalue weighted by atomic mass is 35.5. The molecule has 4 heteroatoms. The molecular formula is C15H21ClNO2-. The van der Waals surface area contributed by atoms with Gasteiger partial charge in [-0.2, -0.15) is 0 Å². The van der Waals surface area contributed by atoms with E-state index in [-0.39, 0.29) is 18.4 Å². The Morgan fingerprint density at radius 2 is 1.84 bits per heavy atom. The summed E-state index contributed by atoms with van der Waals surface area (Å²) in [7, 11) is 0. The molecule has 0 unspecified atom stereocenters. The van der Waals surface area contributed by atoms with Crippen LogP contribution in [0.15, 0.2) is 36.4 Å². The van der Waals surface area contributed by atoms with E-state index in [9.17, 15) is 4.79 Å². The van der Waals surface area contributed by atoms with E-state index in [4.69, 9.17) is 4.74 Å². The number of carbonyl (C=O) groups is 1. The second-order valence-electron chi connectivity index (χ2n) is 3.94. The predicted octanol–water partition coefficient (Wildman–Crippen LogP) is -0.411. The normalized spacial score (nSPS) is 10.5. The maximum absolute atomic E-state index is 11.4. The number of hydrogen-bond acceptors (Lipinski definition) is 3. The molecule has 3 nitrogen and oxygen atoms in total. The van der Waals surface area contributed by atoms with Crippen molar-refractivity contribution in [1.29, 1.82) is 0 Å². The molecule has 0 saturated carbocycles. The molecule has 0 amide bonds. The van der Waals surface area contributed by atoms with Gasteiger partial charge < -0.3 is 22.0 Å². The van der Waals surface area contributed by atoms with E-state index < -0.39 is 0 Å². The van der Waals surface area contributed by atoms with Crippen molar-refractivity contribution in [1.82, 2.24) is 4.90 Å². The van der Waals surface area contributed by atoms with E-state index in [1.807, 2.05) is 30.3 Å². The maximum atomic E-state index is 11.4. The van der Waals surface area contributed by atoms with E-state index in [1.165, 1.54) is 6.08 Å². The van der Waals surface area contributed by atoms with Crippen LogP contribution in [0.25, 0.3) is 6.08 Å². The fourth-order valence-electron chi connectivity index (χ4n) is 1.59. The SMILES string of the molecule is CCN(CC)CCOC(=O)/C=C/c1ccccc1.[Cl-]. The lowest BCUT2D eigenvalue weighted by molar-refractivity contribution is -0.138. The standard InChI is InChI=1S/C15H21NO2.ClH/c1-3-16(4-2)12-13-18-15(17)11-10-14-8-6-5-7-9-14;/h5-11H,3-4,12-13H2,1-2H3;1H/p-1/b11-10+;. The van der Waals surface area contributed by atoms with Crippen LogP contribution >= 0.6 is 0 Å². The Balaban J connectivity index is 0.00000324. The van der Waals surface area contributed by atoms with Crippen molar-refractivity contribution < 1.29 is 21.9 Å². The summed E-state index contributed by atoms with van der Waals surface area (Å²) in [5.74, 6) is -0.286. The molecule has 1 aromatic carbocycles. The van der Waals surface area contributed by atoms with Crippen molar-refractivity contribution in [2.75, 3.05) is 26.2 Å². The fraction of sp³-hybridized carbons (Fsp3) is 0.400. The predicted molar refractivity (Wildman–Crippen MR) is 74.2 cm³/mol. The summed E-state index contributed by atoms with van der Waals surface area (Å²) < 4.78 is 5.13. The second-order valence-corrected chi connectivity index (χ2v) is 3.94. The Morgan fingerprint density at radius 3 is 2.42 bits per heavy atom. The summed E-state index contributed by atoms with van der Waals surface area (Å²) in [6, 6.07) is 9.70. The van der Waals surface area contributed by atoms with Crippen LogP contribution in [0.5, 0.6) is 0 Å². The van der Waals surface area contributed by atoms with Crippen molar-refractivity contribution >= 4 is 12.0 Å². The first kappa shape index (κ1) is 17.7. The average molecular weight is 283 g/mol. The van der Waals surface area contributed by atoms with Crippen molar-refractivity contribution in [3.63, 3.8) is 0 Å². The summed E-state index contributed by atoms with van der Waals surface area (Å²) in [6.45, 7) is 7.39. The zero-order chi connectivity index (χ0) is 13.2. The zero-order valence-corrected chi connectivity index (χ0v) is 12.3. The molecule has 0 aliphatic carbocycles. The Bertz CT molecular complexity index is 375. The lowest BCUT2D eigenvalue weighted by Gasteiger charge is -2.16. The highest BCUT2D eigenvalue weighted by Gasteiger charge is 2.01. The Kier molecular flexibility index (Phi) is 9.85. The Morgan fingerprint density at radius 1 is 1.21 bits per heavy atom. The van der Waals surface area contributed by atoms with Crippen molar-refractivity contribution in [2.45, 2.75) is 13.8 Å². The number of likely N-dealkylation sites (N-methyl/N-ethyl adjacent to an activating group) is 1. The molecule has 0 radical (unpaired) electrons. The summed E-state index contributed by atoms with van der Waals surface area (Å²) in [5.41, 5.74) is 0.998. The number of hydrogen-bond donors (Lipinski definition) is 0. The van der Waals surface area contributed by atoms with Crippen LogP contribution in [0.1, 0.15) is 19.4 Å². The smallest absolute Gasteiger partial charge is 0.330 e. The first-order valence-electron chi connectivity index (χ1n) is 6.38. The highest BCUT2D eigenvalue weighted by molar-refractivity contribution is 5.86. The molecule has 0 heterocycles. The van der Waals surface area contributed by atoms with Crippen molar-refractivity contribution in [2.24, 2.45) is 0 Å². The molecule has 0 aromatic heterocycles. The quantitative estimate of drug-likeness (QED) is 0.503. The number of rotatable bonds is 7. The van der Waals surface area contributed by atoms with Gasteiger partial charge in [0.05, 0.1) is 0 Å². The second kappa shape index (κ2) is 10.6. The maximum Gasteiger partial charge on any atom is 0.330 e. The largest absolute Gasteiger partial charge is 1.00 e. The highest BCUT2D eigenvalue weighted by Crippen LogP contribution is 2.01. The minimum absolute atomic E-state index is 0. The third-order valence-electron chi connectivity index (χ3n) is 2.76. The summed E-state index contributed by atoms with van der Waals surface area (Å²) in [5, 5.41) is 0. The lowest BCUT2D eigenvalue weighted by atomic mass is 10.2. The topological polar surface area (TPSA) is 29.5 Å². The number of carbonyl (C=O) groups excluding carboxylic acids is 1. The van der Waals surface area contributed by atoms with Crippen LogP contribution in [0.3, 0.4) is 0 Å². The minimum atomic E-state index is -0.286. The van der Waals surface area contributed by atoms with Crippen LogP contribution in [-0.2, 0) is 9.53 Å². The van der Waals surface area contributed by atoms with Crippen LogP contribution in [0.2, 0.25) is 0 Å². The molecule has 0 spiro atoms. The van der Waals surface area contributed by atoms with Crippen LogP contribution in [0.4, 0.5) is 0 Å². The van der Waals surface area contributed by atoms with Crippen molar-refractivity contribution in [3.8, 4) is 0 Å². The third-order valence-corrected chi connectivity index (χ3v) is 2.76. The number of nitrogens with zero attached hydrogens (tertiary/aromatic N) is 1. The number of esters is 1. The van der Waals surface area contributed by atoms with Crippen LogP contribution < -0.4 is 12.4 Å². The Labute approximate surface area is 121 Å². The molecular weight excluding hydrogens is 262 g/mol. The van der Waals surface area contributed by atoms with Gasteiger partial charge >= 0.3 is 5.97 Å². The number of benzene rings is 1. The molecule has 0 bridgehead atoms. The summed E-state index contributed by atoms with van der Waals surface area (Å²) in [4.78, 5) is 13.7. The van der Waals surface area contributed by atoms with E-state index >= 15 is 0 Å². The lowest BCUT2D eigenvalue weighted by Crippen LogP contribution is -3.00. The summed E-state index contributed by atoms with van der Waals surface area (Å²) in [6.07, 6.45) is 3.23. The van der Waals surface area contributed by atoms with Gasteiger partial charge in [-0.25, -0.2) is 4.79 Å². The van der Waals surface area contributed by atoms with Gasteiger partial charge in [0.15, 0.2) is 0 Å². The Hall–Kier alpha value is -1.32. The number of halogens is 1. The minimum Gasteiger partial charge on any atom is -1.00 e. The third kappa shape index (κ3) is 7.65. The molecule has 0 saturated heterocycles. The monoisotopic (exact) mass is 282 g/mol. The number of ether oxygens (including phenoxy) is 1. The van der Waals surface area contributed by atoms with Gasteiger partial charge in [0.2, 0.25) is 0 Å². The van der Waals surface area contributed by atoms with Crippen LogP contribution in [0, 0.1) is 0 Å². The molecule has 0 N–H and O–H groups in total. The molecule has 1 rings (SSSR count). The average Bonchev–Trinajstić information content (AvgIpc) is 2.42. The van der Waals surface area contributed by atoms with Gasteiger partial charge in [-0.05, 0) is 24.7 Å². The van der Waals surface area contributed by atoms with E-state index in [0.717, 1.165) is 25.2 Å². The first-order valence-corrected chi connectivity index (χ1v) is 6.38. The molecule has 19 heavy (non-hydrogen) atoms. The van der Waals surface area contributed by atoms with E-state index in [2.05, 4.69) is 18.7 Å². The first-order chi connectivity index (χ1) is 8.76. The van der Waals surface area contributed by atoms with Gasteiger partial charge in [-0.1, -0.05) is 44.2 Å². The fourth-order valence-corrected chi connectivity index (χ4v) is 1.59. The molecule has 1 aromatic rings. The van der Waals surface area contributed by atoms with Crippen molar-refractivity contribution in [3.05, 3.63) is 42.0 Å². The van der Waals surface area contributed by atoms with Crippen LogP contribution in [-0.4, -0.2) is 37.1 Å². The molecule has 0 atom stereocenters. The van der Waals surface area contributed by atoms with Gasteiger partial charge in [-0.15, -0.1) is 0 Å². The van der Waals surface area contributed by atoms with Gasteiger partial charge in [0.25, 0.3) is 0 Å². The van der Waals surface area contributed by atoms with Gasteiger partial charge in [-0.3, -0.25) is 0 Å². The molecule has 106 valence electrons. The van der Waals surface area contributed by atoms with E-state index in [0.29, 0.717) is 6.61 Å². The van der Waals surface area contributed by atoms with Gasteiger partial charge in [0, 0.05) is 12.6 Å². The molecule has 0 fully saturated rings. The van der Waals surface area contributed by atoms with Gasteiger partial charge in [0.1, 0.15) is 6.61 Å².